The van der Waals surface area contributed by atoms with Crippen LogP contribution in [0.3, 0.4) is 0 Å². The number of hydrogen-bond donors (Lipinski definition) is 3. The first-order valence-electron chi connectivity index (χ1n) is 11.8. The third-order valence-electron chi connectivity index (χ3n) is 5.85. The average molecular weight is 489 g/mol. The van der Waals surface area contributed by atoms with E-state index in [1.54, 1.807) is 7.05 Å². The molecule has 0 aliphatic carbocycles. The minimum Gasteiger partial charge on any atom is -0.482 e. The molecule has 34 heavy (non-hydrogen) atoms. The van der Waals surface area contributed by atoms with Crippen LogP contribution < -0.4 is 20.1 Å². The van der Waals surface area contributed by atoms with Gasteiger partial charge >= 0.3 is 0 Å². The summed E-state index contributed by atoms with van der Waals surface area (Å²) >= 11 is 0. The van der Waals surface area contributed by atoms with Crippen LogP contribution in [0.25, 0.3) is 0 Å². The summed E-state index contributed by atoms with van der Waals surface area (Å²) in [5, 5.41) is 5.85. The maximum absolute atomic E-state index is 11.1. The molecule has 0 spiro atoms. The molecule has 0 atom stereocenters. The topological polar surface area (TPSA) is 99.8 Å². The van der Waals surface area contributed by atoms with Crippen molar-refractivity contribution in [2.75, 3.05) is 56.1 Å². The standard InChI is InChI=1S/C13H20N2O2S.C12H16N2O2/c1-18(16,17)14-13-6-4-12(5-7-13)8-11-15-9-2-3-10-15;1-13-11(15)8-16-10-6-2-4-9-5-3-7-14-12(9)10/h4-7,14H,2-3,8-11H2,1H3;2,4,6,14H,3,5,7-8H2,1H3,(H,13,15). The first-order valence-corrected chi connectivity index (χ1v) is 13.7. The number of anilines is 2. The van der Waals surface area contributed by atoms with E-state index in [9.17, 15) is 13.2 Å². The Kier molecular flexibility index (Phi) is 9.59. The first-order chi connectivity index (χ1) is 16.3. The van der Waals surface area contributed by atoms with Crippen LogP contribution in [0.5, 0.6) is 5.75 Å². The van der Waals surface area contributed by atoms with Crippen molar-refractivity contribution in [1.82, 2.24) is 10.2 Å². The van der Waals surface area contributed by atoms with E-state index in [-0.39, 0.29) is 12.5 Å². The minimum atomic E-state index is -3.17. The fraction of sp³-hybridized carbons (Fsp3) is 0.480. The Morgan fingerprint density at radius 3 is 2.50 bits per heavy atom. The van der Waals surface area contributed by atoms with Crippen molar-refractivity contribution >= 4 is 27.3 Å². The lowest BCUT2D eigenvalue weighted by Crippen LogP contribution is -2.25. The van der Waals surface area contributed by atoms with E-state index in [4.69, 9.17) is 4.74 Å². The van der Waals surface area contributed by atoms with Crippen LogP contribution in [-0.2, 0) is 27.7 Å². The summed E-state index contributed by atoms with van der Waals surface area (Å²) in [6.07, 6.45) is 7.04. The van der Waals surface area contributed by atoms with Crippen molar-refractivity contribution in [1.29, 1.82) is 0 Å². The monoisotopic (exact) mass is 488 g/mol. The zero-order chi connectivity index (χ0) is 24.4. The molecule has 4 rings (SSSR count). The minimum absolute atomic E-state index is 0.0641. The number of likely N-dealkylation sites (N-methyl/N-ethyl adjacent to an activating group) is 1. The van der Waals surface area contributed by atoms with Gasteiger partial charge in [-0.15, -0.1) is 0 Å². The van der Waals surface area contributed by atoms with Gasteiger partial charge in [-0.1, -0.05) is 24.3 Å². The van der Waals surface area contributed by atoms with E-state index >= 15 is 0 Å². The quantitative estimate of drug-likeness (QED) is 0.528. The summed E-state index contributed by atoms with van der Waals surface area (Å²) in [4.78, 5) is 13.6. The van der Waals surface area contributed by atoms with Gasteiger partial charge in [-0.2, -0.15) is 0 Å². The molecule has 2 aliphatic heterocycles. The molecule has 0 aromatic heterocycles. The lowest BCUT2D eigenvalue weighted by atomic mass is 10.0. The van der Waals surface area contributed by atoms with E-state index in [1.165, 1.54) is 37.1 Å². The normalized spacial score (nSPS) is 15.4. The number of hydrogen-bond acceptors (Lipinski definition) is 6. The number of fused-ring (bicyclic) bond motifs is 1. The fourth-order valence-electron chi connectivity index (χ4n) is 4.06. The first kappa shape index (κ1) is 25.8. The number of likely N-dealkylation sites (tertiary alicyclic amines) is 1. The highest BCUT2D eigenvalue weighted by Crippen LogP contribution is 2.31. The van der Waals surface area contributed by atoms with Crippen LogP contribution >= 0.6 is 0 Å². The van der Waals surface area contributed by atoms with Crippen molar-refractivity contribution in [3.63, 3.8) is 0 Å². The Balaban J connectivity index is 0.000000192. The van der Waals surface area contributed by atoms with Crippen molar-refractivity contribution in [2.24, 2.45) is 0 Å². The molecule has 1 saturated heterocycles. The summed E-state index contributed by atoms with van der Waals surface area (Å²) in [5.74, 6) is 0.647. The highest BCUT2D eigenvalue weighted by atomic mass is 32.2. The van der Waals surface area contributed by atoms with Gasteiger partial charge in [0, 0.05) is 25.8 Å². The number of rotatable bonds is 8. The molecule has 9 heteroatoms. The molecule has 2 aromatic carbocycles. The van der Waals surface area contributed by atoms with Gasteiger partial charge in [0.25, 0.3) is 5.91 Å². The molecule has 2 heterocycles. The average Bonchev–Trinajstić information content (AvgIpc) is 3.35. The molecular formula is C25H36N4O4S. The second kappa shape index (κ2) is 12.6. The van der Waals surface area contributed by atoms with Gasteiger partial charge in [0.05, 0.1) is 11.9 Å². The van der Waals surface area contributed by atoms with Gasteiger partial charge in [-0.3, -0.25) is 9.52 Å². The highest BCUT2D eigenvalue weighted by molar-refractivity contribution is 7.92. The van der Waals surface area contributed by atoms with Gasteiger partial charge < -0.3 is 20.3 Å². The van der Waals surface area contributed by atoms with E-state index in [2.05, 4.69) is 26.3 Å². The Bertz CT molecular complexity index is 1040. The number of ether oxygens (including phenoxy) is 1. The molecule has 2 aliphatic rings. The second-order valence-electron chi connectivity index (χ2n) is 8.65. The molecule has 186 valence electrons. The molecule has 0 unspecified atom stereocenters. The maximum Gasteiger partial charge on any atom is 0.257 e. The van der Waals surface area contributed by atoms with Crippen LogP contribution in [0.1, 0.15) is 30.4 Å². The number of benzene rings is 2. The third-order valence-corrected chi connectivity index (χ3v) is 6.45. The molecule has 3 N–H and O–H groups in total. The van der Waals surface area contributed by atoms with Gasteiger partial charge in [0.2, 0.25) is 10.0 Å². The largest absolute Gasteiger partial charge is 0.482 e. The van der Waals surface area contributed by atoms with Crippen molar-refractivity contribution < 1.29 is 17.9 Å². The predicted molar refractivity (Wildman–Crippen MR) is 137 cm³/mol. The summed E-state index contributed by atoms with van der Waals surface area (Å²) in [6.45, 7) is 4.56. The van der Waals surface area contributed by atoms with Gasteiger partial charge in [0.1, 0.15) is 5.75 Å². The molecular weight excluding hydrogens is 452 g/mol. The number of para-hydroxylation sites is 1. The molecule has 1 amide bonds. The van der Waals surface area contributed by atoms with Crippen LogP contribution in [0.15, 0.2) is 42.5 Å². The van der Waals surface area contributed by atoms with Crippen molar-refractivity contribution in [3.8, 4) is 5.75 Å². The van der Waals surface area contributed by atoms with Gasteiger partial charge in [0.15, 0.2) is 6.61 Å². The zero-order valence-electron chi connectivity index (χ0n) is 20.1. The number of amides is 1. The smallest absolute Gasteiger partial charge is 0.257 e. The van der Waals surface area contributed by atoms with Crippen molar-refractivity contribution in [2.45, 2.75) is 32.1 Å². The van der Waals surface area contributed by atoms with Crippen LogP contribution in [0.2, 0.25) is 0 Å². The number of sulfonamides is 1. The summed E-state index contributed by atoms with van der Waals surface area (Å²) in [6, 6.07) is 13.6. The molecule has 0 radical (unpaired) electrons. The van der Waals surface area contributed by atoms with E-state index in [0.29, 0.717) is 5.69 Å². The molecule has 0 bridgehead atoms. The van der Waals surface area contributed by atoms with Gasteiger partial charge in [-0.25, -0.2) is 8.42 Å². The summed E-state index contributed by atoms with van der Waals surface area (Å²) < 4.78 is 30.1. The van der Waals surface area contributed by atoms with E-state index < -0.39 is 10.0 Å². The lowest BCUT2D eigenvalue weighted by Gasteiger charge is -2.20. The molecule has 1 fully saturated rings. The Morgan fingerprint density at radius 1 is 1.09 bits per heavy atom. The number of aryl methyl sites for hydroxylation is 1. The van der Waals surface area contributed by atoms with Crippen LogP contribution in [0, 0.1) is 0 Å². The van der Waals surface area contributed by atoms with E-state index in [1.807, 2.05) is 36.4 Å². The lowest BCUT2D eigenvalue weighted by molar-refractivity contribution is -0.122. The van der Waals surface area contributed by atoms with Crippen LogP contribution in [-0.4, -0.2) is 65.3 Å². The molecule has 0 saturated carbocycles. The Labute approximate surface area is 203 Å². The molecule has 2 aromatic rings. The number of nitrogens with one attached hydrogen (secondary N) is 3. The summed E-state index contributed by atoms with van der Waals surface area (Å²) in [7, 11) is -1.57. The van der Waals surface area contributed by atoms with E-state index in [0.717, 1.165) is 50.0 Å². The summed E-state index contributed by atoms with van der Waals surface area (Å²) in [5.41, 5.74) is 4.18. The highest BCUT2D eigenvalue weighted by Gasteiger charge is 2.14. The zero-order valence-corrected chi connectivity index (χ0v) is 20.9. The predicted octanol–water partition coefficient (Wildman–Crippen LogP) is 2.87. The maximum atomic E-state index is 11.1. The van der Waals surface area contributed by atoms with Crippen LogP contribution in [0.4, 0.5) is 11.4 Å². The number of carbonyl (C=O) groups excluding carboxylic acids is 1. The fourth-order valence-corrected chi connectivity index (χ4v) is 4.62. The number of carbonyl (C=O) groups is 1. The third kappa shape index (κ3) is 8.53. The molecule has 8 nitrogen and oxygen atoms in total. The van der Waals surface area contributed by atoms with Gasteiger partial charge in [-0.05, 0) is 74.5 Å². The second-order valence-corrected chi connectivity index (χ2v) is 10.4. The Morgan fingerprint density at radius 2 is 1.82 bits per heavy atom. The SMILES string of the molecule is CNC(=O)COc1cccc2c1NCCC2.CS(=O)(=O)Nc1ccc(CCN2CCCC2)cc1. The number of nitrogens with zero attached hydrogens (tertiary/aromatic N) is 1. The Hall–Kier alpha value is -2.78. The van der Waals surface area contributed by atoms with Crippen molar-refractivity contribution in [3.05, 3.63) is 53.6 Å².